The van der Waals surface area contributed by atoms with Gasteiger partial charge in [-0.25, -0.2) is 0 Å². The number of hydrogen-bond donors (Lipinski definition) is 2. The maximum Gasteiger partial charge on any atom is 0.416 e. The number of benzene rings is 2. The normalized spacial score (nSPS) is 24.2. The van der Waals surface area contributed by atoms with Crippen LogP contribution in [0.4, 0.5) is 32.0 Å². The van der Waals surface area contributed by atoms with Crippen LogP contribution in [0.3, 0.4) is 0 Å². The third kappa shape index (κ3) is 5.72. The van der Waals surface area contributed by atoms with Gasteiger partial charge in [0.1, 0.15) is 5.75 Å². The molecule has 0 aliphatic carbocycles. The van der Waals surface area contributed by atoms with Gasteiger partial charge >= 0.3 is 12.4 Å². The van der Waals surface area contributed by atoms with E-state index in [0.29, 0.717) is 29.7 Å². The van der Waals surface area contributed by atoms with E-state index in [4.69, 9.17) is 17.0 Å². The monoisotopic (exact) mass is 594 g/mol. The van der Waals surface area contributed by atoms with Crippen LogP contribution in [-0.2, 0) is 17.9 Å². The van der Waals surface area contributed by atoms with Gasteiger partial charge in [-0.3, -0.25) is 9.88 Å². The zero-order valence-electron chi connectivity index (χ0n) is 22.1. The van der Waals surface area contributed by atoms with Crippen LogP contribution >= 0.6 is 12.2 Å². The predicted octanol–water partition coefficient (Wildman–Crippen LogP) is 6.99. The topological polar surface area (TPSA) is 49.4 Å². The molecular weight excluding hydrogens is 566 g/mol. The second-order valence-corrected chi connectivity index (χ2v) is 10.9. The summed E-state index contributed by atoms with van der Waals surface area (Å²) in [6.45, 7) is 5.84. The smallest absolute Gasteiger partial charge is 0.416 e. The van der Waals surface area contributed by atoms with Crippen molar-refractivity contribution in [1.82, 2.24) is 15.2 Å². The van der Waals surface area contributed by atoms with Crippen molar-refractivity contribution in [3.8, 4) is 5.75 Å². The third-order valence-electron chi connectivity index (χ3n) is 8.15. The summed E-state index contributed by atoms with van der Waals surface area (Å²) in [6, 6.07) is 8.89. The summed E-state index contributed by atoms with van der Waals surface area (Å²) in [6.07, 6.45) is -4.49. The van der Waals surface area contributed by atoms with Crippen molar-refractivity contribution in [3.63, 3.8) is 0 Å². The van der Waals surface area contributed by atoms with E-state index in [9.17, 15) is 26.3 Å². The molecule has 3 aromatic rings. The van der Waals surface area contributed by atoms with E-state index in [-0.39, 0.29) is 17.7 Å². The Labute approximate surface area is 238 Å². The average Bonchev–Trinajstić information content (AvgIpc) is 2.94. The van der Waals surface area contributed by atoms with E-state index in [1.165, 1.54) is 0 Å². The molecule has 3 fully saturated rings. The highest BCUT2D eigenvalue weighted by atomic mass is 32.1. The zero-order chi connectivity index (χ0) is 29.6. The lowest BCUT2D eigenvalue weighted by Gasteiger charge is -2.57. The van der Waals surface area contributed by atoms with E-state index in [1.54, 1.807) is 13.3 Å². The standard InChI is InChI=1S/C29H28F6N4OS/c1-3-17-15-39-9-7-18(17)14-27(39,24-6-8-36-25-5-4-22(40-2)13-23(24)25)16-37-26(41)38-21-11-19(28(30,31)32)10-20(12-21)29(33,34)35/h3-6,8,10-13,17-18H,1,7,9,14-16H2,2H3,(H2,37,38,41). The fourth-order valence-electron chi connectivity index (χ4n) is 6.15. The molecule has 6 rings (SSSR count). The maximum atomic E-state index is 13.4. The highest BCUT2D eigenvalue weighted by Crippen LogP contribution is 2.49. The zero-order valence-corrected chi connectivity index (χ0v) is 22.9. The van der Waals surface area contributed by atoms with Crippen LogP contribution in [0.5, 0.6) is 5.75 Å². The Bertz CT molecular complexity index is 1440. The van der Waals surface area contributed by atoms with Crippen LogP contribution in [-0.4, -0.2) is 41.7 Å². The number of thiocarbonyl (C=S) groups is 1. The van der Waals surface area contributed by atoms with E-state index >= 15 is 0 Å². The number of ether oxygens (including phenoxy) is 1. The number of piperidine rings is 3. The number of pyridine rings is 1. The Balaban J connectivity index is 1.48. The number of methoxy groups -OCH3 is 1. The Morgan fingerprint density at radius 2 is 1.83 bits per heavy atom. The lowest BCUT2D eigenvalue weighted by atomic mass is 9.66. The molecule has 5 nitrogen and oxygen atoms in total. The molecule has 2 N–H and O–H groups in total. The van der Waals surface area contributed by atoms with Crippen molar-refractivity contribution in [3.05, 3.63) is 78.0 Å². The summed E-state index contributed by atoms with van der Waals surface area (Å²) in [4.78, 5) is 6.87. The quantitative estimate of drug-likeness (QED) is 0.182. The second kappa shape index (κ2) is 10.8. The number of halogens is 6. The Morgan fingerprint density at radius 3 is 2.41 bits per heavy atom. The van der Waals surface area contributed by atoms with E-state index in [2.05, 4.69) is 27.1 Å². The van der Waals surface area contributed by atoms with Gasteiger partial charge in [0.25, 0.3) is 0 Å². The molecule has 1 aromatic heterocycles. The molecular formula is C29H28F6N4OS. The van der Waals surface area contributed by atoms with Gasteiger partial charge in [-0.15, -0.1) is 6.58 Å². The van der Waals surface area contributed by atoms with E-state index < -0.39 is 34.7 Å². The summed E-state index contributed by atoms with van der Waals surface area (Å²) in [5, 5.41) is 6.46. The number of nitrogens with one attached hydrogen (secondary N) is 2. The summed E-state index contributed by atoms with van der Waals surface area (Å²) < 4.78 is 85.6. The van der Waals surface area contributed by atoms with Crippen LogP contribution < -0.4 is 15.4 Å². The molecule has 3 aliphatic heterocycles. The van der Waals surface area contributed by atoms with Crippen molar-refractivity contribution in [2.75, 3.05) is 32.1 Å². The molecule has 218 valence electrons. The van der Waals surface area contributed by atoms with E-state index in [1.807, 2.05) is 30.3 Å². The van der Waals surface area contributed by atoms with Crippen molar-refractivity contribution < 1.29 is 31.1 Å². The van der Waals surface area contributed by atoms with Gasteiger partial charge in [0.2, 0.25) is 0 Å². The first-order valence-electron chi connectivity index (χ1n) is 13.0. The molecule has 12 heteroatoms. The highest BCUT2D eigenvalue weighted by molar-refractivity contribution is 7.80. The number of anilines is 1. The van der Waals surface area contributed by atoms with E-state index in [0.717, 1.165) is 42.4 Å². The average molecular weight is 595 g/mol. The third-order valence-corrected chi connectivity index (χ3v) is 8.40. The molecule has 0 saturated carbocycles. The lowest BCUT2D eigenvalue weighted by Crippen LogP contribution is -2.63. The minimum absolute atomic E-state index is 0.0849. The molecule has 0 amide bonds. The largest absolute Gasteiger partial charge is 0.497 e. The van der Waals surface area contributed by atoms with Crippen molar-refractivity contribution in [2.24, 2.45) is 11.8 Å². The van der Waals surface area contributed by atoms with Gasteiger partial charge in [-0.1, -0.05) is 6.08 Å². The summed E-state index contributed by atoms with van der Waals surface area (Å²) in [7, 11) is 1.58. The van der Waals surface area contributed by atoms with Crippen LogP contribution in [0.1, 0.15) is 29.5 Å². The molecule has 4 atom stereocenters. The lowest BCUT2D eigenvalue weighted by molar-refractivity contribution is -0.143. The molecule has 2 aromatic carbocycles. The van der Waals surface area contributed by atoms with Crippen molar-refractivity contribution in [2.45, 2.75) is 30.7 Å². The molecule has 2 bridgehead atoms. The number of aromatic nitrogens is 1. The van der Waals surface area contributed by atoms with Gasteiger partial charge in [0, 0.05) is 30.4 Å². The molecule has 3 saturated heterocycles. The number of nitrogens with zero attached hydrogens (tertiary/aromatic N) is 2. The van der Waals surface area contributed by atoms with Gasteiger partial charge < -0.3 is 15.4 Å². The molecule has 4 heterocycles. The molecule has 0 spiro atoms. The number of hydrogen-bond acceptors (Lipinski definition) is 4. The van der Waals surface area contributed by atoms with Gasteiger partial charge in [0.05, 0.1) is 29.3 Å². The molecule has 41 heavy (non-hydrogen) atoms. The molecule has 0 radical (unpaired) electrons. The summed E-state index contributed by atoms with van der Waals surface area (Å²) in [5.41, 5.74) is -2.06. The molecule has 4 unspecified atom stereocenters. The number of fused-ring (bicyclic) bond motifs is 4. The minimum atomic E-state index is -4.96. The predicted molar refractivity (Wildman–Crippen MR) is 149 cm³/mol. The SMILES string of the molecule is C=CC1CN2CCC1CC2(CNC(=S)Nc1cc(C(F)(F)F)cc(C(F)(F)F)c1)c1ccnc2ccc(OC)cc12. The van der Waals surface area contributed by atoms with Gasteiger partial charge in [-0.05, 0) is 91.5 Å². The van der Waals surface area contributed by atoms with Crippen molar-refractivity contribution in [1.29, 1.82) is 0 Å². The first-order valence-corrected chi connectivity index (χ1v) is 13.4. The van der Waals surface area contributed by atoms with Crippen LogP contribution in [0, 0.1) is 11.8 Å². The minimum Gasteiger partial charge on any atom is -0.497 e. The first-order chi connectivity index (χ1) is 19.3. The van der Waals surface area contributed by atoms with Crippen LogP contribution in [0.25, 0.3) is 10.9 Å². The van der Waals surface area contributed by atoms with Crippen LogP contribution in [0.15, 0.2) is 61.3 Å². The van der Waals surface area contributed by atoms with Crippen molar-refractivity contribution >= 4 is 33.9 Å². The van der Waals surface area contributed by atoms with Crippen LogP contribution in [0.2, 0.25) is 0 Å². The summed E-state index contributed by atoms with van der Waals surface area (Å²) in [5.74, 6) is 1.31. The maximum absolute atomic E-state index is 13.4. The Morgan fingerprint density at radius 1 is 1.12 bits per heavy atom. The Hall–Kier alpha value is -3.38. The van der Waals surface area contributed by atoms with Gasteiger partial charge in [-0.2, -0.15) is 26.3 Å². The Kier molecular flexibility index (Phi) is 7.66. The fraction of sp³-hybridized carbons (Fsp3) is 0.379. The summed E-state index contributed by atoms with van der Waals surface area (Å²) >= 11 is 5.39. The van der Waals surface area contributed by atoms with Gasteiger partial charge in [0.15, 0.2) is 5.11 Å². The second-order valence-electron chi connectivity index (χ2n) is 10.5. The number of rotatable bonds is 6. The first kappa shape index (κ1) is 29.1. The highest BCUT2D eigenvalue weighted by Gasteiger charge is 2.50. The fourth-order valence-corrected chi connectivity index (χ4v) is 6.34. The number of alkyl halides is 6. The molecule has 3 aliphatic rings.